The molecular weight excluding hydrogens is 577 g/mol. The van der Waals surface area contributed by atoms with Crippen LogP contribution < -0.4 is 4.74 Å². The van der Waals surface area contributed by atoms with Gasteiger partial charge >= 0.3 is 0 Å². The zero-order chi connectivity index (χ0) is 32.4. The first-order valence-electron chi connectivity index (χ1n) is 15.9. The van der Waals surface area contributed by atoms with E-state index in [2.05, 4.69) is 120 Å². The first-order chi connectivity index (χ1) is 21.2. The molecule has 0 amide bonds. The Morgan fingerprint density at radius 2 is 0.955 bits per heavy atom. The Labute approximate surface area is 278 Å². The molecule has 0 bridgehead atoms. The Kier molecular flexibility index (Phi) is 22.9. The molecule has 0 fully saturated rings. The van der Waals surface area contributed by atoms with Crippen LogP contribution in [0.1, 0.15) is 66.5 Å². The zero-order valence-electron chi connectivity index (χ0n) is 28.3. The summed E-state index contributed by atoms with van der Waals surface area (Å²) in [4.78, 5) is 1.36. The summed E-state index contributed by atoms with van der Waals surface area (Å²) in [6, 6.07) is 41.4. The fourth-order valence-corrected chi connectivity index (χ4v) is 5.34. The highest BCUT2D eigenvalue weighted by molar-refractivity contribution is 8.00. The van der Waals surface area contributed by atoms with E-state index in [1.807, 2.05) is 79.8 Å². The van der Waals surface area contributed by atoms with Crippen LogP contribution in [-0.4, -0.2) is 35.1 Å². The van der Waals surface area contributed by atoms with E-state index in [9.17, 15) is 0 Å². The first-order valence-corrected chi connectivity index (χ1v) is 17.8. The van der Waals surface area contributed by atoms with E-state index in [0.29, 0.717) is 11.4 Å². The molecule has 0 atom stereocenters. The minimum absolute atomic E-state index is 0.266. The van der Waals surface area contributed by atoms with Crippen molar-refractivity contribution in [2.75, 3.05) is 12.4 Å². The van der Waals surface area contributed by atoms with Crippen molar-refractivity contribution in [2.24, 2.45) is 0 Å². The Morgan fingerprint density at radius 3 is 1.39 bits per heavy atom. The molecule has 0 aliphatic rings. The largest absolute Gasteiger partial charge is 0.491 e. The molecule has 4 rings (SSSR count). The van der Waals surface area contributed by atoms with Gasteiger partial charge in [-0.3, -0.25) is 0 Å². The number of aryl methyl sites for hydroxylation is 1. The van der Waals surface area contributed by atoms with Crippen LogP contribution in [0.2, 0.25) is 0 Å². The standard InChI is InChI=1S/C11H16O.C11H16S.C9H12O.C9H12S/c2*1-10(2)12-9-8-11-6-4-3-5-7-11;2*1-8(2)10-9-6-4-3-5-7-9/h2*3-7,10H,8-9H2,1-2H3;2*3-8H,1-2H3. The second kappa shape index (κ2) is 25.6. The van der Waals surface area contributed by atoms with Gasteiger partial charge in [-0.1, -0.05) is 125 Å². The van der Waals surface area contributed by atoms with Crippen LogP contribution in [0.3, 0.4) is 0 Å². The highest BCUT2D eigenvalue weighted by Crippen LogP contribution is 2.21. The van der Waals surface area contributed by atoms with Gasteiger partial charge in [-0.05, 0) is 86.9 Å². The van der Waals surface area contributed by atoms with Crippen LogP contribution in [0.5, 0.6) is 5.75 Å². The normalized spacial score (nSPS) is 10.4. The molecule has 44 heavy (non-hydrogen) atoms. The summed E-state index contributed by atoms with van der Waals surface area (Å²) in [6.45, 7) is 17.9. The number of benzene rings is 4. The summed E-state index contributed by atoms with van der Waals surface area (Å²) < 4.78 is 10.9. The Balaban J connectivity index is 0.000000294. The van der Waals surface area contributed by atoms with Crippen LogP contribution in [0.15, 0.2) is 126 Å². The summed E-state index contributed by atoms with van der Waals surface area (Å²) in [5.74, 6) is 2.18. The van der Waals surface area contributed by atoms with Crippen LogP contribution in [0.4, 0.5) is 0 Å². The fraction of sp³-hybridized carbons (Fsp3) is 0.400. The van der Waals surface area contributed by atoms with Crippen LogP contribution in [0.25, 0.3) is 0 Å². The maximum atomic E-state index is 5.45. The van der Waals surface area contributed by atoms with Crippen molar-refractivity contribution in [1.29, 1.82) is 0 Å². The Bertz CT molecular complexity index is 1050. The topological polar surface area (TPSA) is 18.5 Å². The average Bonchev–Trinajstić information content (AvgIpc) is 2.99. The van der Waals surface area contributed by atoms with E-state index in [4.69, 9.17) is 9.47 Å². The summed E-state index contributed by atoms with van der Waals surface area (Å²) in [6.07, 6.45) is 2.82. The number of ether oxygens (including phenoxy) is 2. The smallest absolute Gasteiger partial charge is 0.119 e. The van der Waals surface area contributed by atoms with Gasteiger partial charge in [-0.15, -0.1) is 11.8 Å². The van der Waals surface area contributed by atoms with Crippen molar-refractivity contribution in [3.8, 4) is 5.75 Å². The highest BCUT2D eigenvalue weighted by atomic mass is 32.2. The lowest BCUT2D eigenvalue weighted by atomic mass is 10.2. The molecule has 4 aromatic carbocycles. The van der Waals surface area contributed by atoms with E-state index in [1.54, 1.807) is 0 Å². The van der Waals surface area contributed by atoms with Gasteiger partial charge in [0.2, 0.25) is 0 Å². The van der Waals surface area contributed by atoms with Crippen molar-refractivity contribution in [3.05, 3.63) is 132 Å². The van der Waals surface area contributed by atoms with Crippen molar-refractivity contribution < 1.29 is 9.47 Å². The Hall–Kier alpha value is -2.66. The molecule has 0 N–H and O–H groups in total. The molecule has 0 aliphatic heterocycles. The van der Waals surface area contributed by atoms with Crippen molar-refractivity contribution in [1.82, 2.24) is 0 Å². The second-order valence-corrected chi connectivity index (χ2v) is 14.6. The van der Waals surface area contributed by atoms with Crippen LogP contribution in [0, 0.1) is 0 Å². The number of hydrogen-bond acceptors (Lipinski definition) is 4. The third-order valence-corrected chi connectivity index (χ3v) is 7.72. The fourth-order valence-electron chi connectivity index (χ4n) is 3.66. The third-order valence-electron chi connectivity index (χ3n) is 5.60. The number of hydrogen-bond donors (Lipinski definition) is 0. The molecule has 0 aromatic heterocycles. The molecule has 0 saturated heterocycles. The van der Waals surface area contributed by atoms with E-state index in [1.165, 1.54) is 28.2 Å². The zero-order valence-corrected chi connectivity index (χ0v) is 30.0. The highest BCUT2D eigenvalue weighted by Gasteiger charge is 1.96. The van der Waals surface area contributed by atoms with E-state index in [0.717, 1.165) is 24.0 Å². The molecule has 0 heterocycles. The van der Waals surface area contributed by atoms with Gasteiger partial charge in [-0.25, -0.2) is 0 Å². The van der Waals surface area contributed by atoms with Gasteiger partial charge in [0.1, 0.15) is 5.75 Å². The summed E-state index contributed by atoms with van der Waals surface area (Å²) >= 11 is 3.92. The maximum Gasteiger partial charge on any atom is 0.119 e. The third kappa shape index (κ3) is 23.8. The summed E-state index contributed by atoms with van der Waals surface area (Å²) in [5, 5.41) is 1.44. The summed E-state index contributed by atoms with van der Waals surface area (Å²) in [7, 11) is 0. The minimum Gasteiger partial charge on any atom is -0.491 e. The molecule has 0 saturated carbocycles. The summed E-state index contributed by atoms with van der Waals surface area (Å²) in [5.41, 5.74) is 2.80. The van der Waals surface area contributed by atoms with Crippen molar-refractivity contribution in [3.63, 3.8) is 0 Å². The van der Waals surface area contributed by atoms with Gasteiger partial charge in [-0.2, -0.15) is 11.8 Å². The monoisotopic (exact) mass is 632 g/mol. The van der Waals surface area contributed by atoms with Gasteiger partial charge in [0.25, 0.3) is 0 Å². The molecular formula is C40H56O2S2. The van der Waals surface area contributed by atoms with E-state index >= 15 is 0 Å². The average molecular weight is 633 g/mol. The molecule has 4 heteroatoms. The molecule has 2 nitrogen and oxygen atoms in total. The quantitative estimate of drug-likeness (QED) is 0.145. The lowest BCUT2D eigenvalue weighted by molar-refractivity contribution is 0.0813. The molecule has 0 unspecified atom stereocenters. The lowest BCUT2D eigenvalue weighted by Crippen LogP contribution is -2.05. The SMILES string of the molecule is CC(C)OCCc1ccccc1.CC(C)Oc1ccccc1.CC(C)SCCc1ccccc1.CC(C)Sc1ccccc1. The van der Waals surface area contributed by atoms with Crippen molar-refractivity contribution >= 4 is 23.5 Å². The number of thioether (sulfide) groups is 2. The lowest BCUT2D eigenvalue weighted by Gasteiger charge is -2.07. The minimum atomic E-state index is 0.266. The predicted molar refractivity (Wildman–Crippen MR) is 199 cm³/mol. The van der Waals surface area contributed by atoms with Gasteiger partial charge in [0.15, 0.2) is 0 Å². The predicted octanol–water partition coefficient (Wildman–Crippen LogP) is 11.7. The van der Waals surface area contributed by atoms with Crippen LogP contribution in [-0.2, 0) is 17.6 Å². The van der Waals surface area contributed by atoms with E-state index < -0.39 is 0 Å². The molecule has 0 spiro atoms. The molecule has 4 aromatic rings. The molecule has 240 valence electrons. The first kappa shape index (κ1) is 39.4. The number of para-hydroxylation sites is 1. The maximum absolute atomic E-state index is 5.45. The van der Waals surface area contributed by atoms with Crippen LogP contribution >= 0.6 is 23.5 Å². The van der Waals surface area contributed by atoms with E-state index in [-0.39, 0.29) is 6.10 Å². The Morgan fingerprint density at radius 1 is 0.500 bits per heavy atom. The van der Waals surface area contributed by atoms with Gasteiger partial charge < -0.3 is 9.47 Å². The molecule has 0 aliphatic carbocycles. The molecule has 0 radical (unpaired) electrons. The van der Waals surface area contributed by atoms with Gasteiger partial charge in [0, 0.05) is 10.1 Å². The van der Waals surface area contributed by atoms with Crippen molar-refractivity contribution in [2.45, 2.75) is 95.8 Å². The van der Waals surface area contributed by atoms with Gasteiger partial charge in [0.05, 0.1) is 18.8 Å². The second-order valence-electron chi connectivity index (χ2n) is 11.3. The number of rotatable bonds is 12.